The van der Waals surface area contributed by atoms with Crippen LogP contribution in [0.15, 0.2) is 6.07 Å². The summed E-state index contributed by atoms with van der Waals surface area (Å²) in [6.07, 6.45) is 0.0105. The fourth-order valence-corrected chi connectivity index (χ4v) is 2.44. The minimum atomic E-state index is -0.114. The van der Waals surface area contributed by atoms with Crippen LogP contribution in [0.4, 0.5) is 10.8 Å². The molecule has 2 rings (SSSR count). The molecule has 0 bridgehead atoms. The standard InChI is InChI=1S/C9H15N3O2S/c1-6-3-12(4-7(5-13)14-6)9-2-8(10)11-15-9/h2,6-7,13H,3-5H2,1H3,(H2,10,11). The first kappa shape index (κ1) is 10.7. The van der Waals surface area contributed by atoms with Crippen molar-refractivity contribution in [3.8, 4) is 0 Å². The molecule has 0 radical (unpaired) electrons. The minimum Gasteiger partial charge on any atom is -0.394 e. The summed E-state index contributed by atoms with van der Waals surface area (Å²) in [5.74, 6) is 0.551. The molecule has 1 aromatic heterocycles. The Morgan fingerprint density at radius 2 is 2.53 bits per heavy atom. The molecule has 2 atom stereocenters. The molecule has 84 valence electrons. The van der Waals surface area contributed by atoms with Crippen LogP contribution in [-0.4, -0.2) is 41.4 Å². The summed E-state index contributed by atoms with van der Waals surface area (Å²) >= 11 is 1.38. The van der Waals surface area contributed by atoms with Gasteiger partial charge in [0.1, 0.15) is 10.8 Å². The molecular weight excluding hydrogens is 214 g/mol. The van der Waals surface area contributed by atoms with E-state index >= 15 is 0 Å². The van der Waals surface area contributed by atoms with Gasteiger partial charge in [-0.3, -0.25) is 0 Å². The average molecular weight is 229 g/mol. The number of rotatable bonds is 2. The number of aliphatic hydroxyl groups is 1. The molecule has 6 heteroatoms. The zero-order chi connectivity index (χ0) is 10.8. The largest absolute Gasteiger partial charge is 0.394 e. The van der Waals surface area contributed by atoms with Gasteiger partial charge in [0.05, 0.1) is 18.8 Å². The second-order valence-electron chi connectivity index (χ2n) is 3.75. The van der Waals surface area contributed by atoms with Gasteiger partial charge in [-0.15, -0.1) is 0 Å². The molecule has 1 fully saturated rings. The van der Waals surface area contributed by atoms with Crippen LogP contribution in [0.1, 0.15) is 6.92 Å². The molecule has 0 aliphatic carbocycles. The summed E-state index contributed by atoms with van der Waals surface area (Å²) in [5.41, 5.74) is 5.58. The lowest BCUT2D eigenvalue weighted by Gasteiger charge is -2.36. The average Bonchev–Trinajstić information content (AvgIpc) is 2.64. The highest BCUT2D eigenvalue weighted by molar-refractivity contribution is 7.10. The molecule has 2 heterocycles. The number of anilines is 2. The number of hydrogen-bond donors (Lipinski definition) is 2. The lowest BCUT2D eigenvalue weighted by atomic mass is 10.2. The molecule has 1 aliphatic rings. The zero-order valence-corrected chi connectivity index (χ0v) is 9.41. The van der Waals surface area contributed by atoms with Gasteiger partial charge >= 0.3 is 0 Å². The molecule has 1 saturated heterocycles. The van der Waals surface area contributed by atoms with E-state index < -0.39 is 0 Å². The topological polar surface area (TPSA) is 71.6 Å². The van der Waals surface area contributed by atoms with Crippen LogP contribution in [0.2, 0.25) is 0 Å². The zero-order valence-electron chi connectivity index (χ0n) is 8.59. The van der Waals surface area contributed by atoms with Gasteiger partial charge in [-0.2, -0.15) is 4.37 Å². The van der Waals surface area contributed by atoms with Gasteiger partial charge in [-0.05, 0) is 18.5 Å². The fraction of sp³-hybridized carbons (Fsp3) is 0.667. The normalized spacial score (nSPS) is 26.9. The van der Waals surface area contributed by atoms with Gasteiger partial charge in [0, 0.05) is 19.2 Å². The van der Waals surface area contributed by atoms with Crippen LogP contribution in [0, 0.1) is 0 Å². The molecular formula is C9H15N3O2S. The Labute approximate surface area is 92.6 Å². The third-order valence-corrected chi connectivity index (χ3v) is 3.22. The van der Waals surface area contributed by atoms with Gasteiger partial charge in [-0.25, -0.2) is 0 Å². The molecule has 3 N–H and O–H groups in total. The number of nitrogen functional groups attached to an aromatic ring is 1. The number of morpholine rings is 1. The minimum absolute atomic E-state index is 0.0507. The van der Waals surface area contributed by atoms with Crippen LogP contribution >= 0.6 is 11.5 Å². The fourth-order valence-electron chi connectivity index (χ4n) is 1.75. The highest BCUT2D eigenvalue weighted by Crippen LogP contribution is 2.26. The molecule has 0 saturated carbocycles. The van der Waals surface area contributed by atoms with E-state index in [2.05, 4.69) is 9.27 Å². The van der Waals surface area contributed by atoms with Crippen LogP contribution in [-0.2, 0) is 4.74 Å². The second-order valence-corrected chi connectivity index (χ2v) is 4.53. The molecule has 1 aromatic rings. The Bertz CT molecular complexity index is 331. The van der Waals surface area contributed by atoms with Gasteiger partial charge in [0.15, 0.2) is 0 Å². The summed E-state index contributed by atoms with van der Waals surface area (Å²) in [6, 6.07) is 1.86. The maximum Gasteiger partial charge on any atom is 0.139 e. The highest BCUT2D eigenvalue weighted by atomic mass is 32.1. The summed E-state index contributed by atoms with van der Waals surface area (Å²) < 4.78 is 9.60. The van der Waals surface area contributed by atoms with Gasteiger partial charge in [0.2, 0.25) is 0 Å². The summed E-state index contributed by atoms with van der Waals surface area (Å²) in [6.45, 7) is 3.56. The van der Waals surface area contributed by atoms with E-state index in [4.69, 9.17) is 15.6 Å². The highest BCUT2D eigenvalue weighted by Gasteiger charge is 2.25. The lowest BCUT2D eigenvalue weighted by molar-refractivity contribution is -0.0419. The van der Waals surface area contributed by atoms with Gasteiger partial charge in [0.25, 0.3) is 0 Å². The van der Waals surface area contributed by atoms with Crippen molar-refractivity contribution in [2.75, 3.05) is 30.3 Å². The van der Waals surface area contributed by atoms with Gasteiger partial charge < -0.3 is 20.5 Å². The predicted octanol–water partition coefficient (Wildman–Crippen LogP) is 0.311. The van der Waals surface area contributed by atoms with Crippen molar-refractivity contribution < 1.29 is 9.84 Å². The summed E-state index contributed by atoms with van der Waals surface area (Å²) in [7, 11) is 0. The quantitative estimate of drug-likeness (QED) is 0.763. The Morgan fingerprint density at radius 1 is 1.73 bits per heavy atom. The Kier molecular flexibility index (Phi) is 3.08. The Morgan fingerprint density at radius 3 is 3.13 bits per heavy atom. The summed E-state index contributed by atoms with van der Waals surface area (Å²) in [4.78, 5) is 2.16. The third kappa shape index (κ3) is 2.39. The first-order valence-corrected chi connectivity index (χ1v) is 5.70. The number of nitrogens with two attached hydrogens (primary N) is 1. The van der Waals surface area contributed by atoms with E-state index in [0.717, 1.165) is 11.5 Å². The van der Waals surface area contributed by atoms with Gasteiger partial charge in [-0.1, -0.05) is 0 Å². The number of nitrogens with zero attached hydrogens (tertiary/aromatic N) is 2. The molecule has 0 aromatic carbocycles. The first-order chi connectivity index (χ1) is 7.19. The van der Waals surface area contributed by atoms with E-state index in [0.29, 0.717) is 12.4 Å². The van der Waals surface area contributed by atoms with Crippen molar-refractivity contribution in [2.24, 2.45) is 0 Å². The molecule has 0 amide bonds. The van der Waals surface area contributed by atoms with Crippen molar-refractivity contribution in [2.45, 2.75) is 19.1 Å². The number of aromatic nitrogens is 1. The molecule has 1 aliphatic heterocycles. The van der Waals surface area contributed by atoms with Crippen molar-refractivity contribution in [1.29, 1.82) is 0 Å². The van der Waals surface area contributed by atoms with E-state index in [1.165, 1.54) is 11.5 Å². The van der Waals surface area contributed by atoms with Crippen molar-refractivity contribution in [1.82, 2.24) is 4.37 Å². The summed E-state index contributed by atoms with van der Waals surface area (Å²) in [5, 5.41) is 10.1. The molecule has 15 heavy (non-hydrogen) atoms. The lowest BCUT2D eigenvalue weighted by Crippen LogP contribution is -2.47. The number of aliphatic hydroxyl groups excluding tert-OH is 1. The van der Waals surface area contributed by atoms with Crippen LogP contribution in [0.3, 0.4) is 0 Å². The molecule has 5 nitrogen and oxygen atoms in total. The van der Waals surface area contributed by atoms with E-state index in [1.807, 2.05) is 13.0 Å². The Hall–Kier alpha value is -0.850. The van der Waals surface area contributed by atoms with Crippen molar-refractivity contribution >= 4 is 22.4 Å². The monoisotopic (exact) mass is 229 g/mol. The Balaban J connectivity index is 2.08. The smallest absolute Gasteiger partial charge is 0.139 e. The van der Waals surface area contributed by atoms with Crippen LogP contribution in [0.25, 0.3) is 0 Å². The van der Waals surface area contributed by atoms with Crippen LogP contribution < -0.4 is 10.6 Å². The van der Waals surface area contributed by atoms with Crippen molar-refractivity contribution in [3.05, 3.63) is 6.07 Å². The maximum atomic E-state index is 9.09. The number of hydrogen-bond acceptors (Lipinski definition) is 6. The van der Waals surface area contributed by atoms with E-state index in [9.17, 15) is 0 Å². The first-order valence-electron chi connectivity index (χ1n) is 4.92. The predicted molar refractivity (Wildman–Crippen MR) is 60.2 cm³/mol. The van der Waals surface area contributed by atoms with E-state index in [1.54, 1.807) is 0 Å². The second kappa shape index (κ2) is 4.34. The van der Waals surface area contributed by atoms with Crippen LogP contribution in [0.5, 0.6) is 0 Å². The van der Waals surface area contributed by atoms with E-state index in [-0.39, 0.29) is 18.8 Å². The maximum absolute atomic E-state index is 9.09. The third-order valence-electron chi connectivity index (χ3n) is 2.36. The SMILES string of the molecule is CC1CN(c2cc(N)ns2)CC(CO)O1. The molecule has 2 unspecified atom stereocenters. The molecule has 0 spiro atoms. The van der Waals surface area contributed by atoms with Crippen molar-refractivity contribution in [3.63, 3.8) is 0 Å². The number of ether oxygens (including phenoxy) is 1.